The number of fused-ring (bicyclic) bond motifs is 1. The third-order valence-corrected chi connectivity index (χ3v) is 4.69. The summed E-state index contributed by atoms with van der Waals surface area (Å²) in [5.41, 5.74) is 5.47. The van der Waals surface area contributed by atoms with E-state index < -0.39 is 0 Å². The average molecular weight is 332 g/mol. The zero-order valence-corrected chi connectivity index (χ0v) is 15.7. The Hall–Kier alpha value is -2.54. The molecule has 1 aromatic rings. The van der Waals surface area contributed by atoms with Crippen LogP contribution in [0.25, 0.3) is 0 Å². The minimum Gasteiger partial charge on any atom is -0.364 e. The van der Waals surface area contributed by atoms with E-state index in [2.05, 4.69) is 81.3 Å². The molecule has 0 amide bonds. The summed E-state index contributed by atoms with van der Waals surface area (Å²) < 4.78 is 0. The maximum Gasteiger partial charge on any atom is 0.0413 e. The van der Waals surface area contributed by atoms with Crippen LogP contribution in [-0.2, 0) is 5.41 Å². The third-order valence-electron chi connectivity index (χ3n) is 4.69. The van der Waals surface area contributed by atoms with E-state index in [0.717, 1.165) is 13.1 Å². The van der Waals surface area contributed by atoms with Gasteiger partial charge in [0.15, 0.2) is 0 Å². The summed E-state index contributed by atoms with van der Waals surface area (Å²) in [5, 5.41) is 0. The molecule has 1 nitrogen and oxygen atoms in total. The maximum atomic E-state index is 3.76. The lowest BCUT2D eigenvalue weighted by Crippen LogP contribution is -2.39. The topological polar surface area (TPSA) is 3.24 Å². The van der Waals surface area contributed by atoms with Crippen LogP contribution in [0.1, 0.15) is 25.0 Å². The Kier molecular flexibility index (Phi) is 6.41. The summed E-state index contributed by atoms with van der Waals surface area (Å²) in [5.74, 6) is 0. The predicted molar refractivity (Wildman–Crippen MR) is 112 cm³/mol. The van der Waals surface area contributed by atoms with Crippen molar-refractivity contribution in [2.75, 3.05) is 18.0 Å². The van der Waals surface area contributed by atoms with Crippen molar-refractivity contribution in [2.24, 2.45) is 0 Å². The second-order valence-corrected chi connectivity index (χ2v) is 6.89. The number of hydrogen-bond donors (Lipinski definition) is 0. The second-order valence-electron chi connectivity index (χ2n) is 6.89. The minimum absolute atomic E-state index is 0.0236. The molecule has 0 bridgehead atoms. The molecule has 0 N–H and O–H groups in total. The Morgan fingerprint density at radius 3 is 2.48 bits per heavy atom. The highest BCUT2D eigenvalue weighted by atomic mass is 15.1. The molecule has 2 rings (SSSR count). The van der Waals surface area contributed by atoms with Gasteiger partial charge in [-0.3, -0.25) is 0 Å². The first-order valence-corrected chi connectivity index (χ1v) is 8.79. The van der Waals surface area contributed by atoms with Gasteiger partial charge in [-0.1, -0.05) is 99.4 Å². The highest BCUT2D eigenvalue weighted by Gasteiger charge is 2.34. The monoisotopic (exact) mass is 331 g/mol. The van der Waals surface area contributed by atoms with Crippen LogP contribution < -0.4 is 4.90 Å². The van der Waals surface area contributed by atoms with Crippen molar-refractivity contribution in [1.29, 1.82) is 0 Å². The molecule has 1 aromatic carbocycles. The Labute approximate surface area is 153 Å². The second kappa shape index (κ2) is 8.53. The van der Waals surface area contributed by atoms with E-state index in [4.69, 9.17) is 0 Å². The first-order valence-electron chi connectivity index (χ1n) is 8.79. The highest BCUT2D eigenvalue weighted by molar-refractivity contribution is 5.65. The normalized spacial score (nSPS) is 18.4. The number of anilines is 1. The quantitative estimate of drug-likeness (QED) is 0.573. The van der Waals surface area contributed by atoms with Crippen LogP contribution in [0, 0.1) is 6.92 Å². The average Bonchev–Trinajstić information content (AvgIpc) is 2.58. The van der Waals surface area contributed by atoms with Crippen LogP contribution in [0.2, 0.25) is 0 Å². The van der Waals surface area contributed by atoms with Gasteiger partial charge in [0, 0.05) is 24.2 Å². The van der Waals surface area contributed by atoms with Gasteiger partial charge in [-0.25, -0.2) is 0 Å². The smallest absolute Gasteiger partial charge is 0.0413 e. The van der Waals surface area contributed by atoms with E-state index in [0.29, 0.717) is 0 Å². The lowest BCUT2D eigenvalue weighted by molar-refractivity contribution is 0.577. The van der Waals surface area contributed by atoms with Gasteiger partial charge in [-0.15, -0.1) is 0 Å². The first kappa shape index (κ1) is 18.8. The van der Waals surface area contributed by atoms with Gasteiger partial charge in [0.05, 0.1) is 0 Å². The van der Waals surface area contributed by atoms with Crippen LogP contribution in [0.15, 0.2) is 91.6 Å². The maximum absolute atomic E-state index is 3.76. The molecule has 0 aromatic heterocycles. The lowest BCUT2D eigenvalue weighted by Gasteiger charge is -2.42. The molecule has 130 valence electrons. The summed E-state index contributed by atoms with van der Waals surface area (Å²) >= 11 is 0. The van der Waals surface area contributed by atoms with E-state index >= 15 is 0 Å². The Morgan fingerprint density at radius 2 is 1.76 bits per heavy atom. The minimum atomic E-state index is 0.0236. The Morgan fingerprint density at radius 1 is 1.04 bits per heavy atom. The summed E-state index contributed by atoms with van der Waals surface area (Å²) in [7, 11) is 0. The fourth-order valence-corrected chi connectivity index (χ4v) is 3.17. The van der Waals surface area contributed by atoms with Crippen molar-refractivity contribution in [3.8, 4) is 0 Å². The van der Waals surface area contributed by atoms with Crippen LogP contribution in [-0.4, -0.2) is 13.1 Å². The zero-order valence-electron chi connectivity index (χ0n) is 15.7. The van der Waals surface area contributed by atoms with Gasteiger partial charge in [0.25, 0.3) is 0 Å². The van der Waals surface area contributed by atoms with Gasteiger partial charge in [-0.2, -0.15) is 0 Å². The SMILES string of the molecule is C=C/C=C\C=C/CN1C/C(=C\C=C/C=C)C(C)(C)c2cc(C)ccc21. The van der Waals surface area contributed by atoms with Crippen molar-refractivity contribution in [1.82, 2.24) is 0 Å². The highest BCUT2D eigenvalue weighted by Crippen LogP contribution is 2.43. The van der Waals surface area contributed by atoms with Crippen molar-refractivity contribution in [3.05, 3.63) is 103 Å². The first-order chi connectivity index (χ1) is 12.0. The van der Waals surface area contributed by atoms with Crippen LogP contribution in [0.4, 0.5) is 5.69 Å². The standard InChI is InChI=1S/C24H29N/c1-6-8-10-11-13-17-25-19-21(14-12-9-7-2)24(4,5)22-18-20(3)15-16-23(22)25/h6-16,18H,1-2,17,19H2,3-5H3/b10-8-,12-9-,13-11-,21-14+. The number of aryl methyl sites for hydroxylation is 1. The third kappa shape index (κ3) is 4.51. The fraction of sp³-hybridized carbons (Fsp3) is 0.250. The van der Waals surface area contributed by atoms with Gasteiger partial charge < -0.3 is 4.90 Å². The summed E-state index contributed by atoms with van der Waals surface area (Å²) in [4.78, 5) is 2.44. The Bertz CT molecular complexity index is 741. The number of allylic oxidation sites excluding steroid dienone is 8. The number of benzene rings is 1. The predicted octanol–water partition coefficient (Wildman–Crippen LogP) is 6.06. The van der Waals surface area contributed by atoms with Crippen molar-refractivity contribution >= 4 is 5.69 Å². The molecule has 1 aliphatic rings. The molecule has 0 aliphatic carbocycles. The number of rotatable bonds is 6. The van der Waals surface area contributed by atoms with E-state index in [-0.39, 0.29) is 5.41 Å². The van der Waals surface area contributed by atoms with Gasteiger partial charge in [-0.05, 0) is 24.1 Å². The summed E-state index contributed by atoms with van der Waals surface area (Å²) in [6, 6.07) is 6.79. The summed E-state index contributed by atoms with van der Waals surface area (Å²) in [6.07, 6.45) is 18.1. The molecule has 0 saturated heterocycles. The van der Waals surface area contributed by atoms with Crippen molar-refractivity contribution in [2.45, 2.75) is 26.2 Å². The number of hydrogen-bond acceptors (Lipinski definition) is 1. The fourth-order valence-electron chi connectivity index (χ4n) is 3.17. The summed E-state index contributed by atoms with van der Waals surface area (Å²) in [6.45, 7) is 16.1. The zero-order chi connectivity index (χ0) is 18.3. The largest absolute Gasteiger partial charge is 0.364 e. The van der Waals surface area contributed by atoms with Gasteiger partial charge in [0.1, 0.15) is 0 Å². The molecular weight excluding hydrogens is 302 g/mol. The van der Waals surface area contributed by atoms with Crippen molar-refractivity contribution < 1.29 is 0 Å². The molecule has 1 heteroatoms. The Balaban J connectivity index is 2.40. The van der Waals surface area contributed by atoms with Crippen LogP contribution in [0.3, 0.4) is 0 Å². The van der Waals surface area contributed by atoms with E-state index in [1.54, 1.807) is 6.08 Å². The van der Waals surface area contributed by atoms with Crippen LogP contribution >= 0.6 is 0 Å². The molecule has 1 aliphatic heterocycles. The molecule has 0 unspecified atom stereocenters. The van der Waals surface area contributed by atoms with E-state index in [9.17, 15) is 0 Å². The van der Waals surface area contributed by atoms with E-state index in [1.165, 1.54) is 22.4 Å². The molecule has 25 heavy (non-hydrogen) atoms. The van der Waals surface area contributed by atoms with E-state index in [1.807, 2.05) is 24.3 Å². The lowest BCUT2D eigenvalue weighted by atomic mass is 9.73. The molecule has 1 heterocycles. The molecular formula is C24H29N. The molecule has 0 saturated carbocycles. The molecule has 0 fully saturated rings. The molecule has 0 atom stereocenters. The van der Waals surface area contributed by atoms with Crippen molar-refractivity contribution in [3.63, 3.8) is 0 Å². The van der Waals surface area contributed by atoms with Gasteiger partial charge in [0.2, 0.25) is 0 Å². The molecule has 0 radical (unpaired) electrons. The molecule has 0 spiro atoms. The van der Waals surface area contributed by atoms with Gasteiger partial charge >= 0.3 is 0 Å². The van der Waals surface area contributed by atoms with Crippen LogP contribution in [0.5, 0.6) is 0 Å². The number of nitrogens with zero attached hydrogens (tertiary/aromatic N) is 1.